The maximum atomic E-state index is 13.8. The van der Waals surface area contributed by atoms with Gasteiger partial charge in [-0.2, -0.15) is 0 Å². The number of anilines is 1. The van der Waals surface area contributed by atoms with Gasteiger partial charge in [0.1, 0.15) is 11.8 Å². The normalized spacial score (nSPS) is 13.6. The van der Waals surface area contributed by atoms with Gasteiger partial charge in [-0.3, -0.25) is 24.3 Å². The molecule has 1 aliphatic rings. The minimum Gasteiger partial charge on any atom is -0.496 e. The van der Waals surface area contributed by atoms with Crippen LogP contribution in [-0.4, -0.2) is 40.8 Å². The number of amides is 3. The third kappa shape index (κ3) is 4.09. The summed E-state index contributed by atoms with van der Waals surface area (Å²) >= 11 is 0. The fraction of sp³-hybridized carbons (Fsp3) is 0.172. The SMILES string of the molecule is CCc1ccc(C[C@@H](C(=O)Nc2ccc(OC)c3cccnc23)N2C(=O)c3ccccc3C2=O)cc1. The Morgan fingerprint density at radius 1 is 0.917 bits per heavy atom. The summed E-state index contributed by atoms with van der Waals surface area (Å²) < 4.78 is 5.43. The molecule has 4 aromatic rings. The molecule has 0 saturated heterocycles. The minimum atomic E-state index is -1.05. The van der Waals surface area contributed by atoms with E-state index in [1.807, 2.05) is 30.3 Å². The van der Waals surface area contributed by atoms with Gasteiger partial charge in [0.05, 0.1) is 29.4 Å². The van der Waals surface area contributed by atoms with E-state index in [0.717, 1.165) is 27.8 Å². The van der Waals surface area contributed by atoms with Gasteiger partial charge < -0.3 is 10.1 Å². The van der Waals surface area contributed by atoms with E-state index in [1.165, 1.54) is 0 Å². The van der Waals surface area contributed by atoms with Crippen LogP contribution < -0.4 is 10.1 Å². The lowest BCUT2D eigenvalue weighted by atomic mass is 10.0. The van der Waals surface area contributed by atoms with E-state index in [4.69, 9.17) is 4.74 Å². The van der Waals surface area contributed by atoms with Crippen LogP contribution in [0, 0.1) is 0 Å². The van der Waals surface area contributed by atoms with Crippen molar-refractivity contribution in [2.75, 3.05) is 12.4 Å². The van der Waals surface area contributed by atoms with E-state index in [2.05, 4.69) is 17.2 Å². The molecule has 1 atom stereocenters. The molecule has 5 rings (SSSR count). The highest BCUT2D eigenvalue weighted by Crippen LogP contribution is 2.31. The predicted molar refractivity (Wildman–Crippen MR) is 137 cm³/mol. The minimum absolute atomic E-state index is 0.183. The van der Waals surface area contributed by atoms with Gasteiger partial charge in [0.2, 0.25) is 5.91 Å². The summed E-state index contributed by atoms with van der Waals surface area (Å²) in [5, 5.41) is 3.66. The first-order valence-electron chi connectivity index (χ1n) is 11.8. The summed E-state index contributed by atoms with van der Waals surface area (Å²) in [5.74, 6) is -0.789. The molecule has 3 aromatic carbocycles. The second-order valence-electron chi connectivity index (χ2n) is 8.62. The number of methoxy groups -OCH3 is 1. The maximum Gasteiger partial charge on any atom is 0.262 e. The number of aryl methyl sites for hydroxylation is 1. The lowest BCUT2D eigenvalue weighted by molar-refractivity contribution is -0.119. The highest BCUT2D eigenvalue weighted by atomic mass is 16.5. The van der Waals surface area contributed by atoms with Crippen molar-refractivity contribution < 1.29 is 19.1 Å². The number of benzene rings is 3. The zero-order valence-electron chi connectivity index (χ0n) is 20.0. The Hall–Kier alpha value is -4.52. The van der Waals surface area contributed by atoms with Crippen LogP contribution in [0.3, 0.4) is 0 Å². The number of fused-ring (bicyclic) bond motifs is 2. The molecule has 180 valence electrons. The number of pyridine rings is 1. The maximum absolute atomic E-state index is 13.8. The Morgan fingerprint density at radius 3 is 2.22 bits per heavy atom. The van der Waals surface area contributed by atoms with Crippen molar-refractivity contribution in [3.63, 3.8) is 0 Å². The van der Waals surface area contributed by atoms with Gasteiger partial charge in [0, 0.05) is 18.0 Å². The van der Waals surface area contributed by atoms with Crippen LogP contribution in [0.25, 0.3) is 10.9 Å². The molecule has 0 radical (unpaired) electrons. The molecule has 36 heavy (non-hydrogen) atoms. The molecule has 1 N–H and O–H groups in total. The number of imide groups is 1. The molecule has 0 saturated carbocycles. The molecule has 1 aromatic heterocycles. The summed E-state index contributed by atoms with van der Waals surface area (Å²) in [7, 11) is 1.57. The first-order chi connectivity index (χ1) is 17.5. The smallest absolute Gasteiger partial charge is 0.262 e. The number of nitrogens with zero attached hydrogens (tertiary/aromatic N) is 2. The molecule has 3 amide bonds. The topological polar surface area (TPSA) is 88.6 Å². The van der Waals surface area contributed by atoms with Crippen molar-refractivity contribution in [1.82, 2.24) is 9.88 Å². The van der Waals surface area contributed by atoms with Crippen molar-refractivity contribution in [2.24, 2.45) is 0 Å². The van der Waals surface area contributed by atoms with Gasteiger partial charge in [0.15, 0.2) is 0 Å². The molecule has 0 unspecified atom stereocenters. The van der Waals surface area contributed by atoms with Crippen molar-refractivity contribution in [1.29, 1.82) is 0 Å². The number of aromatic nitrogens is 1. The molecule has 1 aliphatic heterocycles. The summed E-state index contributed by atoms with van der Waals surface area (Å²) in [6.45, 7) is 2.07. The molecule has 2 heterocycles. The van der Waals surface area contributed by atoms with Gasteiger partial charge in [-0.25, -0.2) is 0 Å². The Labute approximate surface area is 208 Å². The number of carbonyl (C=O) groups excluding carboxylic acids is 3. The molecule has 0 spiro atoms. The van der Waals surface area contributed by atoms with E-state index in [0.29, 0.717) is 28.1 Å². The number of hydrogen-bond donors (Lipinski definition) is 1. The van der Waals surface area contributed by atoms with Crippen LogP contribution >= 0.6 is 0 Å². The van der Waals surface area contributed by atoms with E-state index in [-0.39, 0.29) is 6.42 Å². The summed E-state index contributed by atoms with van der Waals surface area (Å²) in [5.41, 5.74) is 3.65. The van der Waals surface area contributed by atoms with Crippen LogP contribution in [-0.2, 0) is 17.6 Å². The van der Waals surface area contributed by atoms with E-state index in [9.17, 15) is 14.4 Å². The summed E-state index contributed by atoms with van der Waals surface area (Å²) in [6.07, 6.45) is 2.71. The Kier molecular flexibility index (Phi) is 6.21. The van der Waals surface area contributed by atoms with E-state index in [1.54, 1.807) is 55.8 Å². The standard InChI is InChI=1S/C29H25N3O4/c1-3-18-10-12-19(13-11-18)17-24(32-28(34)20-7-4-5-8-21(20)29(32)35)27(33)31-23-14-15-25(36-2)22-9-6-16-30-26(22)23/h4-16,24H,3,17H2,1-2H3,(H,31,33)/t24-/m0/s1. The van der Waals surface area contributed by atoms with Crippen molar-refractivity contribution in [3.8, 4) is 5.75 Å². The highest BCUT2D eigenvalue weighted by Gasteiger charge is 2.42. The molecular formula is C29H25N3O4. The number of nitrogens with one attached hydrogen (secondary N) is 1. The van der Waals surface area contributed by atoms with Crippen LogP contribution in [0.4, 0.5) is 5.69 Å². The zero-order chi connectivity index (χ0) is 25.2. The van der Waals surface area contributed by atoms with Crippen molar-refractivity contribution in [3.05, 3.63) is 101 Å². The Morgan fingerprint density at radius 2 is 1.58 bits per heavy atom. The average molecular weight is 480 g/mol. The van der Waals surface area contributed by atoms with Crippen LogP contribution in [0.5, 0.6) is 5.75 Å². The fourth-order valence-electron chi connectivity index (χ4n) is 4.57. The van der Waals surface area contributed by atoms with Gasteiger partial charge >= 0.3 is 0 Å². The first-order valence-corrected chi connectivity index (χ1v) is 11.8. The lowest BCUT2D eigenvalue weighted by Crippen LogP contribution is -2.48. The molecule has 7 nitrogen and oxygen atoms in total. The van der Waals surface area contributed by atoms with Gasteiger partial charge in [-0.1, -0.05) is 43.3 Å². The second-order valence-corrected chi connectivity index (χ2v) is 8.62. The third-order valence-electron chi connectivity index (χ3n) is 6.51. The molecule has 7 heteroatoms. The van der Waals surface area contributed by atoms with E-state index >= 15 is 0 Å². The Balaban J connectivity index is 1.52. The number of ether oxygens (including phenoxy) is 1. The number of carbonyl (C=O) groups is 3. The fourth-order valence-corrected chi connectivity index (χ4v) is 4.57. The monoisotopic (exact) mass is 479 g/mol. The summed E-state index contributed by atoms with van der Waals surface area (Å²) in [4.78, 5) is 45.8. The van der Waals surface area contributed by atoms with Crippen LogP contribution in [0.15, 0.2) is 79.0 Å². The zero-order valence-corrected chi connectivity index (χ0v) is 20.0. The number of hydrogen-bond acceptors (Lipinski definition) is 5. The molecule has 0 bridgehead atoms. The highest BCUT2D eigenvalue weighted by molar-refractivity contribution is 6.23. The summed E-state index contributed by atoms with van der Waals surface area (Å²) in [6, 6.07) is 20.6. The van der Waals surface area contributed by atoms with Crippen LogP contribution in [0.2, 0.25) is 0 Å². The van der Waals surface area contributed by atoms with Crippen molar-refractivity contribution >= 4 is 34.3 Å². The van der Waals surface area contributed by atoms with Gasteiger partial charge in [-0.15, -0.1) is 0 Å². The third-order valence-corrected chi connectivity index (χ3v) is 6.51. The predicted octanol–water partition coefficient (Wildman–Crippen LogP) is 4.65. The Bertz CT molecular complexity index is 1440. The average Bonchev–Trinajstić information content (AvgIpc) is 3.17. The molecule has 0 aliphatic carbocycles. The van der Waals surface area contributed by atoms with Gasteiger partial charge in [0.25, 0.3) is 11.8 Å². The number of rotatable bonds is 7. The largest absolute Gasteiger partial charge is 0.496 e. The lowest BCUT2D eigenvalue weighted by Gasteiger charge is -2.26. The first kappa shape index (κ1) is 23.2. The van der Waals surface area contributed by atoms with Gasteiger partial charge in [-0.05, 0) is 53.9 Å². The quantitative estimate of drug-likeness (QED) is 0.390. The second kappa shape index (κ2) is 9.62. The molecular weight excluding hydrogens is 454 g/mol. The van der Waals surface area contributed by atoms with Crippen molar-refractivity contribution in [2.45, 2.75) is 25.8 Å². The van der Waals surface area contributed by atoms with E-state index < -0.39 is 23.8 Å². The molecule has 0 fully saturated rings. The van der Waals surface area contributed by atoms with Crippen LogP contribution in [0.1, 0.15) is 38.8 Å².